The summed E-state index contributed by atoms with van der Waals surface area (Å²) < 4.78 is 6.70. The molecule has 0 bridgehead atoms. The van der Waals surface area contributed by atoms with Crippen molar-refractivity contribution in [1.29, 1.82) is 0 Å². The van der Waals surface area contributed by atoms with E-state index in [1.165, 1.54) is 0 Å². The van der Waals surface area contributed by atoms with Crippen molar-refractivity contribution in [3.05, 3.63) is 28.2 Å². The molecule has 1 amide bonds. The fraction of sp³-hybridized carbons (Fsp3) is 0.588. The average molecular weight is 406 g/mol. The monoisotopic (exact) mass is 404 g/mol. The second-order valence-electron chi connectivity index (χ2n) is 6.22. The molecule has 1 aliphatic heterocycles. The molecule has 0 aromatic heterocycles. The Labute approximate surface area is 153 Å². The van der Waals surface area contributed by atoms with Crippen molar-refractivity contribution < 1.29 is 9.53 Å². The van der Waals surface area contributed by atoms with Crippen LogP contribution in [0.2, 0.25) is 0 Å². The number of aryl methyl sites for hydroxylation is 1. The van der Waals surface area contributed by atoms with E-state index in [0.717, 1.165) is 36.0 Å². The fourth-order valence-corrected chi connectivity index (χ4v) is 3.43. The summed E-state index contributed by atoms with van der Waals surface area (Å²) in [7, 11) is 0. The molecule has 1 aromatic rings. The van der Waals surface area contributed by atoms with Gasteiger partial charge in [0, 0.05) is 19.1 Å². The smallest absolute Gasteiger partial charge is 0.263 e. The van der Waals surface area contributed by atoms with E-state index < -0.39 is 6.10 Å². The molecule has 0 spiro atoms. The number of hydrogen-bond acceptors (Lipinski definition) is 3. The van der Waals surface area contributed by atoms with E-state index >= 15 is 0 Å². The summed E-state index contributed by atoms with van der Waals surface area (Å²) in [6.45, 7) is 7.42. The molecular weight excluding hydrogens is 380 g/mol. The lowest BCUT2D eigenvalue weighted by molar-refractivity contribution is -0.139. The highest BCUT2D eigenvalue weighted by Crippen LogP contribution is 2.27. The number of amides is 1. The van der Waals surface area contributed by atoms with Crippen molar-refractivity contribution in [2.75, 3.05) is 13.1 Å². The van der Waals surface area contributed by atoms with Crippen LogP contribution in [-0.4, -0.2) is 36.0 Å². The summed E-state index contributed by atoms with van der Waals surface area (Å²) in [6.07, 6.45) is 1.47. The van der Waals surface area contributed by atoms with Gasteiger partial charge in [0.15, 0.2) is 6.10 Å². The van der Waals surface area contributed by atoms with E-state index in [1.54, 1.807) is 0 Å². The van der Waals surface area contributed by atoms with Crippen LogP contribution in [0.4, 0.5) is 0 Å². The number of rotatable bonds is 4. The summed E-state index contributed by atoms with van der Waals surface area (Å²) in [5.74, 6) is 1.28. The second kappa shape index (κ2) is 8.90. The average Bonchev–Trinajstić information content (AvgIpc) is 2.49. The first-order chi connectivity index (χ1) is 10.4. The summed E-state index contributed by atoms with van der Waals surface area (Å²) in [5, 5.41) is 0. The molecule has 1 saturated heterocycles. The topological polar surface area (TPSA) is 55.6 Å². The predicted octanol–water partition coefficient (Wildman–Crippen LogP) is 3.53. The van der Waals surface area contributed by atoms with E-state index in [4.69, 9.17) is 10.5 Å². The number of likely N-dealkylation sites (tertiary alicyclic amines) is 1. The number of hydrogen-bond donors (Lipinski definition) is 1. The number of benzene rings is 1. The van der Waals surface area contributed by atoms with Crippen LogP contribution in [0.1, 0.15) is 32.3 Å². The van der Waals surface area contributed by atoms with Crippen LogP contribution in [0.3, 0.4) is 0 Å². The molecule has 2 atom stereocenters. The fourth-order valence-electron chi connectivity index (χ4n) is 2.85. The molecule has 23 heavy (non-hydrogen) atoms. The summed E-state index contributed by atoms with van der Waals surface area (Å²) in [4.78, 5) is 14.4. The first-order valence-corrected chi connectivity index (χ1v) is 8.65. The molecule has 1 heterocycles. The standard InChI is InChI=1S/C17H25BrN2O2.ClH/c1-11-4-5-16(15(18)10-11)22-13(3)17(21)20-8-6-14(7-9-20)12(2)19;/h4-5,10,12-14H,6-9,19H2,1-3H3;1H. The number of nitrogens with zero attached hydrogens (tertiary/aromatic N) is 1. The third-order valence-electron chi connectivity index (χ3n) is 4.33. The first kappa shape index (κ1) is 20.3. The van der Waals surface area contributed by atoms with Crippen LogP contribution in [0.15, 0.2) is 22.7 Å². The third-order valence-corrected chi connectivity index (χ3v) is 4.95. The number of halogens is 2. The molecule has 1 aromatic carbocycles. The minimum absolute atomic E-state index is 0. The van der Waals surface area contributed by atoms with Crippen LogP contribution < -0.4 is 10.5 Å². The Bertz CT molecular complexity index is 531. The number of carbonyl (C=O) groups excluding carboxylic acids is 1. The Morgan fingerprint density at radius 3 is 2.48 bits per heavy atom. The first-order valence-electron chi connectivity index (χ1n) is 7.85. The zero-order chi connectivity index (χ0) is 16.3. The van der Waals surface area contributed by atoms with Crippen LogP contribution in [-0.2, 0) is 4.79 Å². The highest BCUT2D eigenvalue weighted by Gasteiger charge is 2.28. The minimum Gasteiger partial charge on any atom is -0.480 e. The van der Waals surface area contributed by atoms with Gasteiger partial charge in [0.05, 0.1) is 4.47 Å². The zero-order valence-corrected chi connectivity index (χ0v) is 16.3. The van der Waals surface area contributed by atoms with Gasteiger partial charge in [0.25, 0.3) is 5.91 Å². The Hall–Kier alpha value is -0.780. The normalized spacial score (nSPS) is 18.0. The molecule has 2 N–H and O–H groups in total. The van der Waals surface area contributed by atoms with Gasteiger partial charge < -0.3 is 15.4 Å². The Kier molecular flexibility index (Phi) is 7.84. The number of carbonyl (C=O) groups is 1. The predicted molar refractivity (Wildman–Crippen MR) is 99.2 cm³/mol. The van der Waals surface area contributed by atoms with Crippen molar-refractivity contribution >= 4 is 34.2 Å². The second-order valence-corrected chi connectivity index (χ2v) is 7.07. The quantitative estimate of drug-likeness (QED) is 0.833. The molecular formula is C17H26BrClN2O2. The van der Waals surface area contributed by atoms with Gasteiger partial charge in [0.1, 0.15) is 5.75 Å². The Morgan fingerprint density at radius 2 is 1.96 bits per heavy atom. The summed E-state index contributed by atoms with van der Waals surface area (Å²) in [5.41, 5.74) is 7.10. The molecule has 0 saturated carbocycles. The van der Waals surface area contributed by atoms with Gasteiger partial charge in [-0.25, -0.2) is 0 Å². The van der Waals surface area contributed by atoms with E-state index in [-0.39, 0.29) is 24.4 Å². The van der Waals surface area contributed by atoms with Gasteiger partial charge in [-0.05, 0) is 73.2 Å². The number of nitrogens with two attached hydrogens (primary N) is 1. The minimum atomic E-state index is -0.481. The van der Waals surface area contributed by atoms with Crippen molar-refractivity contribution in [2.24, 2.45) is 11.7 Å². The molecule has 1 fully saturated rings. The van der Waals surface area contributed by atoms with Gasteiger partial charge >= 0.3 is 0 Å². The maximum atomic E-state index is 12.5. The molecule has 130 valence electrons. The molecule has 6 heteroatoms. The van der Waals surface area contributed by atoms with E-state index in [2.05, 4.69) is 15.9 Å². The molecule has 0 radical (unpaired) electrons. The van der Waals surface area contributed by atoms with Crippen molar-refractivity contribution in [3.8, 4) is 5.75 Å². The highest BCUT2D eigenvalue weighted by molar-refractivity contribution is 9.10. The van der Waals surface area contributed by atoms with Gasteiger partial charge in [-0.3, -0.25) is 4.79 Å². The van der Waals surface area contributed by atoms with Gasteiger partial charge in [-0.15, -0.1) is 12.4 Å². The molecule has 0 aliphatic carbocycles. The third kappa shape index (κ3) is 5.37. The van der Waals surface area contributed by atoms with Gasteiger partial charge in [-0.2, -0.15) is 0 Å². The maximum absolute atomic E-state index is 12.5. The van der Waals surface area contributed by atoms with E-state index in [9.17, 15) is 4.79 Å². The van der Waals surface area contributed by atoms with E-state index in [1.807, 2.05) is 43.9 Å². The Morgan fingerprint density at radius 1 is 1.35 bits per heavy atom. The molecule has 1 aliphatic rings. The van der Waals surface area contributed by atoms with Crippen molar-refractivity contribution in [1.82, 2.24) is 4.90 Å². The SMILES string of the molecule is Cc1ccc(OC(C)C(=O)N2CCC(C(C)N)CC2)c(Br)c1.Cl. The van der Waals surface area contributed by atoms with Crippen molar-refractivity contribution in [2.45, 2.75) is 45.8 Å². The number of ether oxygens (including phenoxy) is 1. The Balaban J connectivity index is 0.00000264. The van der Waals surface area contributed by atoms with E-state index in [0.29, 0.717) is 11.7 Å². The van der Waals surface area contributed by atoms with Gasteiger partial charge in [-0.1, -0.05) is 6.07 Å². The molecule has 2 rings (SSSR count). The molecule has 2 unspecified atom stereocenters. The maximum Gasteiger partial charge on any atom is 0.263 e. The van der Waals surface area contributed by atoms with Crippen LogP contribution >= 0.6 is 28.3 Å². The zero-order valence-electron chi connectivity index (χ0n) is 13.9. The van der Waals surface area contributed by atoms with Crippen LogP contribution in [0.25, 0.3) is 0 Å². The molecule has 4 nitrogen and oxygen atoms in total. The van der Waals surface area contributed by atoms with Crippen molar-refractivity contribution in [3.63, 3.8) is 0 Å². The lowest BCUT2D eigenvalue weighted by atomic mass is 9.91. The lowest BCUT2D eigenvalue weighted by Gasteiger charge is -2.35. The van der Waals surface area contributed by atoms with Gasteiger partial charge in [0.2, 0.25) is 0 Å². The highest BCUT2D eigenvalue weighted by atomic mass is 79.9. The summed E-state index contributed by atoms with van der Waals surface area (Å²) in [6, 6.07) is 6.06. The summed E-state index contributed by atoms with van der Waals surface area (Å²) >= 11 is 3.48. The lowest BCUT2D eigenvalue weighted by Crippen LogP contribution is -2.46. The van der Waals surface area contributed by atoms with Crippen LogP contribution in [0, 0.1) is 12.8 Å². The largest absolute Gasteiger partial charge is 0.480 e. The van der Waals surface area contributed by atoms with Crippen LogP contribution in [0.5, 0.6) is 5.75 Å². The number of piperidine rings is 1.